The van der Waals surface area contributed by atoms with E-state index in [9.17, 15) is 14.0 Å². The van der Waals surface area contributed by atoms with Crippen LogP contribution in [0, 0.1) is 11.7 Å². The zero-order chi connectivity index (χ0) is 22.5. The van der Waals surface area contributed by atoms with E-state index in [0.717, 1.165) is 35.2 Å². The molecule has 164 valence electrons. The fourth-order valence-electron chi connectivity index (χ4n) is 3.72. The van der Waals surface area contributed by atoms with Crippen LogP contribution in [0.3, 0.4) is 0 Å². The summed E-state index contributed by atoms with van der Waals surface area (Å²) in [6, 6.07) is 23.6. The minimum absolute atomic E-state index is 0.0497. The van der Waals surface area contributed by atoms with E-state index in [1.54, 1.807) is 17.0 Å². The third kappa shape index (κ3) is 5.61. The number of hydrogen-bond donors (Lipinski definition) is 1. The number of anilines is 1. The number of nitrogens with zero attached hydrogens (tertiary/aromatic N) is 1. The second-order valence-corrected chi connectivity index (χ2v) is 8.37. The van der Waals surface area contributed by atoms with Gasteiger partial charge in [0.1, 0.15) is 5.82 Å². The van der Waals surface area contributed by atoms with Crippen LogP contribution in [0.15, 0.2) is 78.9 Å². The predicted molar refractivity (Wildman–Crippen MR) is 123 cm³/mol. The van der Waals surface area contributed by atoms with Crippen molar-refractivity contribution in [2.45, 2.75) is 38.8 Å². The van der Waals surface area contributed by atoms with Crippen LogP contribution in [-0.2, 0) is 22.6 Å². The second-order valence-electron chi connectivity index (χ2n) is 8.37. The number of hydrogen-bond acceptors (Lipinski definition) is 2. The number of carbonyl (C=O) groups excluding carboxylic acids is 2. The minimum atomic E-state index is -0.293. The second kappa shape index (κ2) is 9.77. The van der Waals surface area contributed by atoms with Crippen molar-refractivity contribution in [1.29, 1.82) is 0 Å². The average molecular weight is 431 g/mol. The molecule has 0 heterocycles. The molecule has 0 radical (unpaired) electrons. The Kier molecular flexibility index (Phi) is 6.64. The van der Waals surface area contributed by atoms with E-state index >= 15 is 0 Å². The van der Waals surface area contributed by atoms with E-state index in [1.807, 2.05) is 61.5 Å². The Morgan fingerprint density at radius 2 is 1.56 bits per heavy atom. The van der Waals surface area contributed by atoms with Gasteiger partial charge in [0.2, 0.25) is 11.8 Å². The normalized spacial score (nSPS) is 13.9. The van der Waals surface area contributed by atoms with Gasteiger partial charge in [-0.1, -0.05) is 54.6 Å². The van der Waals surface area contributed by atoms with Crippen LogP contribution < -0.4 is 10.2 Å². The minimum Gasteiger partial charge on any atom is -0.349 e. The average Bonchev–Trinajstić information content (AvgIpc) is 3.65. The van der Waals surface area contributed by atoms with Gasteiger partial charge in [-0.3, -0.25) is 9.59 Å². The Hall–Kier alpha value is -3.47. The molecule has 1 atom stereocenters. The van der Waals surface area contributed by atoms with E-state index in [4.69, 9.17) is 0 Å². The number of halogens is 1. The highest BCUT2D eigenvalue weighted by Crippen LogP contribution is 2.33. The molecule has 4 rings (SSSR count). The Balaban J connectivity index is 1.42. The molecule has 1 unspecified atom stereocenters. The molecule has 4 nitrogen and oxygen atoms in total. The van der Waals surface area contributed by atoms with E-state index < -0.39 is 0 Å². The monoisotopic (exact) mass is 430 g/mol. The molecule has 0 bridgehead atoms. The summed E-state index contributed by atoms with van der Waals surface area (Å²) in [5.41, 5.74) is 3.60. The number of amides is 2. The zero-order valence-electron chi connectivity index (χ0n) is 18.1. The number of benzene rings is 3. The summed E-state index contributed by atoms with van der Waals surface area (Å²) in [6.45, 7) is 2.36. The van der Waals surface area contributed by atoms with Crippen LogP contribution in [0.25, 0.3) is 0 Å². The lowest BCUT2D eigenvalue weighted by molar-refractivity contribution is -0.121. The van der Waals surface area contributed by atoms with Crippen LogP contribution in [0.1, 0.15) is 42.5 Å². The summed E-state index contributed by atoms with van der Waals surface area (Å²) < 4.78 is 13.3. The number of rotatable bonds is 8. The number of carbonyl (C=O) groups is 2. The van der Waals surface area contributed by atoms with Gasteiger partial charge >= 0.3 is 0 Å². The lowest BCUT2D eigenvalue weighted by Crippen LogP contribution is -2.31. The molecule has 0 saturated heterocycles. The van der Waals surface area contributed by atoms with E-state index in [-0.39, 0.29) is 36.0 Å². The summed E-state index contributed by atoms with van der Waals surface area (Å²) in [4.78, 5) is 27.1. The van der Waals surface area contributed by atoms with E-state index in [2.05, 4.69) is 5.32 Å². The first-order chi connectivity index (χ1) is 15.5. The SMILES string of the molecule is CC(NC(=O)Cc1ccc(N(Cc2ccc(F)cc2)C(=O)C2CC2)cc1)c1ccccc1. The topological polar surface area (TPSA) is 49.4 Å². The third-order valence-electron chi connectivity index (χ3n) is 5.74. The van der Waals surface area contributed by atoms with Gasteiger partial charge < -0.3 is 10.2 Å². The molecule has 3 aromatic carbocycles. The fraction of sp³-hybridized carbons (Fsp3) is 0.259. The van der Waals surface area contributed by atoms with Gasteiger partial charge in [0.05, 0.1) is 19.0 Å². The van der Waals surface area contributed by atoms with Crippen molar-refractivity contribution in [1.82, 2.24) is 5.32 Å². The van der Waals surface area contributed by atoms with Gasteiger partial charge in [0, 0.05) is 11.6 Å². The summed E-state index contributed by atoms with van der Waals surface area (Å²) in [5, 5.41) is 3.03. The molecule has 0 aliphatic heterocycles. The molecule has 1 aliphatic rings. The third-order valence-corrected chi connectivity index (χ3v) is 5.74. The molecule has 3 aromatic rings. The lowest BCUT2D eigenvalue weighted by atomic mass is 10.1. The highest BCUT2D eigenvalue weighted by Gasteiger charge is 2.34. The number of nitrogens with one attached hydrogen (secondary N) is 1. The first kappa shape index (κ1) is 21.8. The van der Waals surface area contributed by atoms with Crippen LogP contribution >= 0.6 is 0 Å². The Labute approximate surface area is 188 Å². The zero-order valence-corrected chi connectivity index (χ0v) is 18.1. The maximum absolute atomic E-state index is 13.3. The van der Waals surface area contributed by atoms with E-state index in [0.29, 0.717) is 6.54 Å². The molecule has 2 amide bonds. The summed E-state index contributed by atoms with van der Waals surface area (Å²) >= 11 is 0. The molecular weight excluding hydrogens is 403 g/mol. The molecule has 1 N–H and O–H groups in total. The van der Waals surface area contributed by atoms with Crippen molar-refractivity contribution in [3.8, 4) is 0 Å². The molecule has 5 heteroatoms. The van der Waals surface area contributed by atoms with Crippen molar-refractivity contribution < 1.29 is 14.0 Å². The van der Waals surface area contributed by atoms with Gasteiger partial charge in [0.15, 0.2) is 0 Å². The Morgan fingerprint density at radius 1 is 0.938 bits per heavy atom. The van der Waals surface area contributed by atoms with Crippen LogP contribution in [0.4, 0.5) is 10.1 Å². The smallest absolute Gasteiger partial charge is 0.230 e. The molecule has 32 heavy (non-hydrogen) atoms. The van der Waals surface area contributed by atoms with Crippen molar-refractivity contribution in [2.24, 2.45) is 5.92 Å². The Bertz CT molecular complexity index is 1060. The summed E-state index contributed by atoms with van der Waals surface area (Å²) in [7, 11) is 0. The van der Waals surface area contributed by atoms with Crippen LogP contribution in [0.2, 0.25) is 0 Å². The van der Waals surface area contributed by atoms with Crippen molar-refractivity contribution >= 4 is 17.5 Å². The van der Waals surface area contributed by atoms with Gasteiger partial charge in [-0.2, -0.15) is 0 Å². The first-order valence-corrected chi connectivity index (χ1v) is 11.0. The maximum Gasteiger partial charge on any atom is 0.230 e. The van der Waals surface area contributed by atoms with Gasteiger partial charge in [-0.25, -0.2) is 4.39 Å². The van der Waals surface area contributed by atoms with Crippen LogP contribution in [-0.4, -0.2) is 11.8 Å². The summed E-state index contributed by atoms with van der Waals surface area (Å²) in [6.07, 6.45) is 2.10. The first-order valence-electron chi connectivity index (χ1n) is 11.0. The fourth-order valence-corrected chi connectivity index (χ4v) is 3.72. The molecule has 0 spiro atoms. The molecular formula is C27H27FN2O2. The van der Waals surface area contributed by atoms with Gasteiger partial charge in [-0.05, 0) is 60.7 Å². The van der Waals surface area contributed by atoms with Crippen molar-refractivity contribution in [3.05, 3.63) is 101 Å². The van der Waals surface area contributed by atoms with Gasteiger partial charge in [-0.15, -0.1) is 0 Å². The standard InChI is InChI=1S/C27H27FN2O2/c1-19(22-5-3-2-4-6-22)29-26(31)17-20-9-15-25(16-10-20)30(27(32)23-11-12-23)18-21-7-13-24(28)14-8-21/h2-10,13-16,19,23H,11-12,17-18H2,1H3,(H,29,31). The highest BCUT2D eigenvalue weighted by atomic mass is 19.1. The molecule has 1 saturated carbocycles. The largest absolute Gasteiger partial charge is 0.349 e. The van der Waals surface area contributed by atoms with E-state index in [1.165, 1.54) is 12.1 Å². The highest BCUT2D eigenvalue weighted by molar-refractivity contribution is 5.96. The maximum atomic E-state index is 13.3. The summed E-state index contributed by atoms with van der Waals surface area (Å²) in [5.74, 6) is -0.179. The quantitative estimate of drug-likeness (QED) is 0.535. The lowest BCUT2D eigenvalue weighted by Gasteiger charge is -2.23. The molecule has 1 aliphatic carbocycles. The van der Waals surface area contributed by atoms with Crippen molar-refractivity contribution in [2.75, 3.05) is 4.90 Å². The van der Waals surface area contributed by atoms with Crippen LogP contribution in [0.5, 0.6) is 0 Å². The predicted octanol–water partition coefficient (Wildman–Crippen LogP) is 5.19. The molecule has 1 fully saturated rings. The van der Waals surface area contributed by atoms with Gasteiger partial charge in [0.25, 0.3) is 0 Å². The Morgan fingerprint density at radius 3 is 2.19 bits per heavy atom. The molecule has 0 aromatic heterocycles. The van der Waals surface area contributed by atoms with Crippen molar-refractivity contribution in [3.63, 3.8) is 0 Å².